The summed E-state index contributed by atoms with van der Waals surface area (Å²) in [5.41, 5.74) is 10.6. The Morgan fingerprint density at radius 1 is 1.25 bits per heavy atom. The van der Waals surface area contributed by atoms with Crippen LogP contribution in [0.25, 0.3) is 11.1 Å². The molecule has 0 saturated carbocycles. The summed E-state index contributed by atoms with van der Waals surface area (Å²) in [6.45, 7) is 2.14. The van der Waals surface area contributed by atoms with E-state index in [1.165, 1.54) is 28.6 Å². The lowest BCUT2D eigenvalue weighted by molar-refractivity contribution is 0.0993. The van der Waals surface area contributed by atoms with Crippen LogP contribution in [0.1, 0.15) is 41.0 Å². The first-order valence-corrected chi connectivity index (χ1v) is 9.38. The number of benzene rings is 2. The van der Waals surface area contributed by atoms with Gasteiger partial charge in [-0.1, -0.05) is 30.3 Å². The summed E-state index contributed by atoms with van der Waals surface area (Å²) in [5.74, 6) is 0.223. The van der Waals surface area contributed by atoms with E-state index in [-0.39, 0.29) is 11.7 Å². The number of ether oxygens (including phenoxy) is 1. The van der Waals surface area contributed by atoms with Gasteiger partial charge in [-0.3, -0.25) is 4.79 Å². The Kier molecular flexibility index (Phi) is 4.88. The van der Waals surface area contributed by atoms with Crippen LogP contribution < -0.4 is 10.5 Å². The average molecular weight is 377 g/mol. The molecule has 1 aromatic heterocycles. The van der Waals surface area contributed by atoms with Crippen LogP contribution in [0.2, 0.25) is 0 Å². The fourth-order valence-electron chi connectivity index (χ4n) is 3.77. The van der Waals surface area contributed by atoms with E-state index in [1.807, 2.05) is 6.07 Å². The van der Waals surface area contributed by atoms with E-state index < -0.39 is 12.0 Å². The Hall–Kier alpha value is -3.12. The Labute approximate surface area is 163 Å². The standard InChI is InChI=1S/C22H23N3O3/c1-14(26)21(25-12-20(22(23)27)24-13-25)8-9-28-17-7-6-16-10-15-4-2-3-5-18(15)19(16)11-17/h2-7,11-14,21,26H,8-10H2,1H3,(H2,23,27)/t14-,21+/m0/s1. The maximum Gasteiger partial charge on any atom is 0.268 e. The molecule has 0 fully saturated rings. The Balaban J connectivity index is 1.44. The van der Waals surface area contributed by atoms with Gasteiger partial charge in [0.15, 0.2) is 0 Å². The molecule has 144 valence electrons. The van der Waals surface area contributed by atoms with Gasteiger partial charge >= 0.3 is 0 Å². The molecular formula is C22H23N3O3. The number of aliphatic hydroxyl groups excluding tert-OH is 1. The number of amides is 1. The number of imidazole rings is 1. The third-order valence-electron chi connectivity index (χ3n) is 5.25. The number of carbonyl (C=O) groups is 1. The topological polar surface area (TPSA) is 90.4 Å². The van der Waals surface area contributed by atoms with Gasteiger partial charge in [0, 0.05) is 12.6 Å². The van der Waals surface area contributed by atoms with Crippen LogP contribution in [-0.4, -0.2) is 33.3 Å². The summed E-state index contributed by atoms with van der Waals surface area (Å²) in [6, 6.07) is 14.4. The lowest BCUT2D eigenvalue weighted by Gasteiger charge is -2.21. The first-order valence-electron chi connectivity index (χ1n) is 9.38. The first-order chi connectivity index (χ1) is 13.5. The van der Waals surface area contributed by atoms with Crippen molar-refractivity contribution in [1.29, 1.82) is 0 Å². The number of hydrogen-bond donors (Lipinski definition) is 2. The number of rotatable bonds is 7. The smallest absolute Gasteiger partial charge is 0.268 e. The highest BCUT2D eigenvalue weighted by Gasteiger charge is 2.20. The second-order valence-electron chi connectivity index (χ2n) is 7.17. The van der Waals surface area contributed by atoms with E-state index in [1.54, 1.807) is 17.7 Å². The lowest BCUT2D eigenvalue weighted by Crippen LogP contribution is -2.23. The van der Waals surface area contributed by atoms with E-state index in [2.05, 4.69) is 41.4 Å². The van der Waals surface area contributed by atoms with Gasteiger partial charge in [-0.25, -0.2) is 4.98 Å². The number of nitrogens with zero attached hydrogens (tertiary/aromatic N) is 2. The van der Waals surface area contributed by atoms with Gasteiger partial charge in [0.05, 0.1) is 25.1 Å². The van der Waals surface area contributed by atoms with E-state index in [0.29, 0.717) is 13.0 Å². The Morgan fingerprint density at radius 3 is 2.79 bits per heavy atom. The van der Waals surface area contributed by atoms with Crippen LogP contribution in [0.4, 0.5) is 0 Å². The summed E-state index contributed by atoms with van der Waals surface area (Å²) < 4.78 is 7.68. The van der Waals surface area contributed by atoms with Gasteiger partial charge in [-0.2, -0.15) is 0 Å². The molecule has 3 aromatic rings. The Morgan fingerprint density at radius 2 is 2.04 bits per heavy atom. The molecule has 0 bridgehead atoms. The van der Waals surface area contributed by atoms with Crippen LogP contribution in [0, 0.1) is 0 Å². The van der Waals surface area contributed by atoms with Crippen molar-refractivity contribution in [2.45, 2.75) is 31.9 Å². The van der Waals surface area contributed by atoms with E-state index in [0.717, 1.165) is 12.2 Å². The van der Waals surface area contributed by atoms with E-state index in [9.17, 15) is 9.90 Å². The van der Waals surface area contributed by atoms with Gasteiger partial charge < -0.3 is 20.1 Å². The fraction of sp³-hybridized carbons (Fsp3) is 0.273. The minimum absolute atomic E-state index is 0.184. The molecule has 1 aliphatic rings. The van der Waals surface area contributed by atoms with Crippen molar-refractivity contribution in [3.05, 3.63) is 71.8 Å². The lowest BCUT2D eigenvalue weighted by atomic mass is 10.1. The largest absolute Gasteiger partial charge is 0.493 e. The van der Waals surface area contributed by atoms with Gasteiger partial charge in [-0.15, -0.1) is 0 Å². The quantitative estimate of drug-likeness (QED) is 0.518. The van der Waals surface area contributed by atoms with Gasteiger partial charge in [0.1, 0.15) is 11.4 Å². The van der Waals surface area contributed by atoms with E-state index >= 15 is 0 Å². The highest BCUT2D eigenvalue weighted by atomic mass is 16.5. The van der Waals surface area contributed by atoms with Gasteiger partial charge in [0.2, 0.25) is 0 Å². The van der Waals surface area contributed by atoms with Gasteiger partial charge in [0.25, 0.3) is 5.91 Å². The van der Waals surface area contributed by atoms with Crippen molar-refractivity contribution in [3.63, 3.8) is 0 Å². The first kappa shape index (κ1) is 18.3. The summed E-state index contributed by atoms with van der Waals surface area (Å²) >= 11 is 0. The molecule has 28 heavy (non-hydrogen) atoms. The second kappa shape index (κ2) is 7.48. The SMILES string of the molecule is C[C@H](O)[C@@H](CCOc1ccc2c(c1)-c1ccccc1C2)n1cnc(C(N)=O)c1. The van der Waals surface area contributed by atoms with E-state index in [4.69, 9.17) is 10.5 Å². The summed E-state index contributed by atoms with van der Waals surface area (Å²) in [5, 5.41) is 10.1. The van der Waals surface area contributed by atoms with Crippen LogP contribution in [0.5, 0.6) is 5.75 Å². The molecule has 2 atom stereocenters. The zero-order valence-electron chi connectivity index (χ0n) is 15.7. The van der Waals surface area contributed by atoms with Crippen molar-refractivity contribution in [2.75, 3.05) is 6.61 Å². The maximum atomic E-state index is 11.2. The molecule has 4 rings (SSSR count). The molecule has 0 aliphatic heterocycles. The molecule has 0 radical (unpaired) electrons. The van der Waals surface area contributed by atoms with Crippen LogP contribution in [0.15, 0.2) is 55.0 Å². The summed E-state index contributed by atoms with van der Waals surface area (Å²) in [7, 11) is 0. The third-order valence-corrected chi connectivity index (χ3v) is 5.25. The molecular weight excluding hydrogens is 354 g/mol. The summed E-state index contributed by atoms with van der Waals surface area (Å²) in [6.07, 6.45) is 3.99. The number of fused-ring (bicyclic) bond motifs is 3. The molecule has 1 aliphatic carbocycles. The molecule has 0 spiro atoms. The van der Waals surface area contributed by atoms with Gasteiger partial charge in [-0.05, 0) is 47.7 Å². The van der Waals surface area contributed by atoms with Crippen LogP contribution in [0.3, 0.4) is 0 Å². The fourth-order valence-corrected chi connectivity index (χ4v) is 3.77. The molecule has 0 saturated heterocycles. The number of carbonyl (C=O) groups excluding carboxylic acids is 1. The summed E-state index contributed by atoms with van der Waals surface area (Å²) in [4.78, 5) is 15.2. The minimum Gasteiger partial charge on any atom is -0.493 e. The van der Waals surface area contributed by atoms with Crippen molar-refractivity contribution < 1.29 is 14.6 Å². The highest BCUT2D eigenvalue weighted by molar-refractivity contribution is 5.90. The molecule has 3 N–H and O–H groups in total. The molecule has 1 amide bonds. The van der Waals surface area contributed by atoms with Crippen molar-refractivity contribution in [2.24, 2.45) is 5.73 Å². The molecule has 0 unspecified atom stereocenters. The number of aromatic nitrogens is 2. The highest BCUT2D eigenvalue weighted by Crippen LogP contribution is 2.38. The normalized spacial score (nSPS) is 14.2. The number of hydrogen-bond acceptors (Lipinski definition) is 4. The van der Waals surface area contributed by atoms with Crippen molar-refractivity contribution >= 4 is 5.91 Å². The van der Waals surface area contributed by atoms with Crippen molar-refractivity contribution in [3.8, 4) is 16.9 Å². The molecule has 6 heteroatoms. The average Bonchev–Trinajstić information content (AvgIpc) is 3.29. The maximum absolute atomic E-state index is 11.2. The molecule has 1 heterocycles. The second-order valence-corrected chi connectivity index (χ2v) is 7.17. The number of primary amides is 1. The van der Waals surface area contributed by atoms with Crippen LogP contribution in [-0.2, 0) is 6.42 Å². The zero-order chi connectivity index (χ0) is 19.7. The zero-order valence-corrected chi connectivity index (χ0v) is 15.7. The third kappa shape index (κ3) is 3.51. The number of aliphatic hydroxyl groups is 1. The molecule has 2 aromatic carbocycles. The predicted octanol–water partition coefficient (Wildman–Crippen LogP) is 2.94. The predicted molar refractivity (Wildman–Crippen MR) is 106 cm³/mol. The number of nitrogens with two attached hydrogens (primary N) is 1. The van der Waals surface area contributed by atoms with Crippen LogP contribution >= 0.6 is 0 Å². The Bertz CT molecular complexity index is 1010. The minimum atomic E-state index is -0.620. The monoisotopic (exact) mass is 377 g/mol. The van der Waals surface area contributed by atoms with Crippen molar-refractivity contribution in [1.82, 2.24) is 9.55 Å². The molecule has 6 nitrogen and oxygen atoms in total.